The largest absolute Gasteiger partial charge is 0.490 e. The summed E-state index contributed by atoms with van der Waals surface area (Å²) >= 11 is 0. The molecule has 1 fully saturated rings. The number of pyridine rings is 1. The molecule has 0 aliphatic carbocycles. The summed E-state index contributed by atoms with van der Waals surface area (Å²) in [5.41, 5.74) is 7.87. The van der Waals surface area contributed by atoms with E-state index in [4.69, 9.17) is 10.5 Å². The van der Waals surface area contributed by atoms with E-state index in [0.29, 0.717) is 0 Å². The van der Waals surface area contributed by atoms with E-state index in [2.05, 4.69) is 35.4 Å². The SMILES string of the molecule is CC/C=C(\C=C/N)c1cc(OC2CCNCC2)c2cnccc2c1. The second-order valence-electron chi connectivity index (χ2n) is 6.07. The quantitative estimate of drug-likeness (QED) is 0.825. The Morgan fingerprint density at radius 1 is 1.38 bits per heavy atom. The lowest BCUT2D eigenvalue weighted by Crippen LogP contribution is -2.34. The van der Waals surface area contributed by atoms with Gasteiger partial charge in [-0.2, -0.15) is 0 Å². The van der Waals surface area contributed by atoms with Gasteiger partial charge in [0.05, 0.1) is 0 Å². The smallest absolute Gasteiger partial charge is 0.129 e. The van der Waals surface area contributed by atoms with Crippen molar-refractivity contribution >= 4 is 16.3 Å². The molecule has 0 atom stereocenters. The minimum atomic E-state index is 0.258. The summed E-state index contributed by atoms with van der Waals surface area (Å²) < 4.78 is 6.35. The predicted octanol–water partition coefficient (Wildman–Crippen LogP) is 3.63. The molecule has 1 aliphatic heterocycles. The molecule has 0 bridgehead atoms. The van der Waals surface area contributed by atoms with Crippen molar-refractivity contribution < 1.29 is 4.74 Å². The summed E-state index contributed by atoms with van der Waals surface area (Å²) in [5, 5.41) is 5.58. The summed E-state index contributed by atoms with van der Waals surface area (Å²) in [4.78, 5) is 4.27. The monoisotopic (exact) mass is 323 g/mol. The van der Waals surface area contributed by atoms with Gasteiger partial charge in [0, 0.05) is 17.8 Å². The van der Waals surface area contributed by atoms with Gasteiger partial charge in [0.2, 0.25) is 0 Å². The molecule has 0 unspecified atom stereocenters. The molecule has 1 saturated heterocycles. The first kappa shape index (κ1) is 16.5. The normalized spacial score (nSPS) is 16.8. The van der Waals surface area contributed by atoms with Crippen molar-refractivity contribution in [1.29, 1.82) is 0 Å². The van der Waals surface area contributed by atoms with Gasteiger partial charge in [-0.05, 0) is 79.3 Å². The zero-order valence-electron chi connectivity index (χ0n) is 14.2. The Bertz CT molecular complexity index is 746. The Morgan fingerprint density at radius 2 is 2.21 bits per heavy atom. The van der Waals surface area contributed by atoms with Crippen LogP contribution in [0.3, 0.4) is 0 Å². The highest BCUT2D eigenvalue weighted by Gasteiger charge is 2.16. The molecule has 0 spiro atoms. The number of hydrogen-bond donors (Lipinski definition) is 2. The van der Waals surface area contributed by atoms with Crippen LogP contribution in [0.5, 0.6) is 5.75 Å². The summed E-state index contributed by atoms with van der Waals surface area (Å²) in [6.45, 7) is 4.15. The first-order chi connectivity index (χ1) is 11.8. The van der Waals surface area contributed by atoms with Crippen molar-refractivity contribution in [3.8, 4) is 5.75 Å². The van der Waals surface area contributed by atoms with Crippen LogP contribution in [0.4, 0.5) is 0 Å². The van der Waals surface area contributed by atoms with Gasteiger partial charge in [-0.3, -0.25) is 4.98 Å². The molecule has 4 heteroatoms. The third-order valence-electron chi connectivity index (χ3n) is 4.33. The molecule has 126 valence electrons. The number of piperidine rings is 1. The summed E-state index contributed by atoms with van der Waals surface area (Å²) in [7, 11) is 0. The van der Waals surface area contributed by atoms with E-state index in [9.17, 15) is 0 Å². The molecule has 1 aliphatic rings. The molecule has 0 amide bonds. The molecule has 0 radical (unpaired) electrons. The number of fused-ring (bicyclic) bond motifs is 1. The maximum absolute atomic E-state index is 6.35. The molecule has 24 heavy (non-hydrogen) atoms. The Hall–Kier alpha value is -2.33. The van der Waals surface area contributed by atoms with Crippen LogP contribution >= 0.6 is 0 Å². The number of rotatable bonds is 5. The Kier molecular flexibility index (Phi) is 5.49. The number of nitrogens with two attached hydrogens (primary N) is 1. The number of nitrogens with zero attached hydrogens (tertiary/aromatic N) is 1. The van der Waals surface area contributed by atoms with Crippen molar-refractivity contribution in [2.75, 3.05) is 13.1 Å². The number of aromatic nitrogens is 1. The van der Waals surface area contributed by atoms with Crippen LogP contribution in [0.2, 0.25) is 0 Å². The fourth-order valence-electron chi connectivity index (χ4n) is 3.13. The summed E-state index contributed by atoms with van der Waals surface area (Å²) in [6.07, 6.45) is 12.7. The zero-order chi connectivity index (χ0) is 16.8. The second kappa shape index (κ2) is 7.97. The molecule has 1 aromatic heterocycles. The van der Waals surface area contributed by atoms with Crippen LogP contribution in [0, 0.1) is 0 Å². The van der Waals surface area contributed by atoms with Gasteiger partial charge >= 0.3 is 0 Å². The lowest BCUT2D eigenvalue weighted by Gasteiger charge is -2.25. The maximum atomic E-state index is 6.35. The first-order valence-electron chi connectivity index (χ1n) is 8.65. The van der Waals surface area contributed by atoms with Gasteiger partial charge in [0.25, 0.3) is 0 Å². The minimum absolute atomic E-state index is 0.258. The maximum Gasteiger partial charge on any atom is 0.129 e. The Labute approximate surface area is 143 Å². The van der Waals surface area contributed by atoms with E-state index in [0.717, 1.165) is 60.0 Å². The van der Waals surface area contributed by atoms with Crippen LogP contribution in [-0.2, 0) is 0 Å². The van der Waals surface area contributed by atoms with Crippen LogP contribution in [0.25, 0.3) is 16.3 Å². The van der Waals surface area contributed by atoms with Gasteiger partial charge in [0.15, 0.2) is 0 Å². The van der Waals surface area contributed by atoms with Crippen LogP contribution in [0.15, 0.2) is 48.9 Å². The molecule has 1 aromatic carbocycles. The van der Waals surface area contributed by atoms with E-state index < -0.39 is 0 Å². The molecule has 0 saturated carbocycles. The zero-order valence-corrected chi connectivity index (χ0v) is 14.2. The molecule has 4 nitrogen and oxygen atoms in total. The molecular weight excluding hydrogens is 298 g/mol. The average molecular weight is 323 g/mol. The lowest BCUT2D eigenvalue weighted by molar-refractivity contribution is 0.164. The highest BCUT2D eigenvalue weighted by molar-refractivity contribution is 5.92. The number of nitrogens with one attached hydrogen (secondary N) is 1. The van der Waals surface area contributed by atoms with Crippen LogP contribution in [-0.4, -0.2) is 24.2 Å². The average Bonchev–Trinajstić information content (AvgIpc) is 2.62. The molecule has 2 heterocycles. The van der Waals surface area contributed by atoms with Crippen molar-refractivity contribution in [3.05, 3.63) is 54.5 Å². The van der Waals surface area contributed by atoms with E-state index in [1.54, 1.807) is 6.20 Å². The summed E-state index contributed by atoms with van der Waals surface area (Å²) in [6, 6.07) is 6.32. The highest BCUT2D eigenvalue weighted by atomic mass is 16.5. The van der Waals surface area contributed by atoms with Gasteiger partial charge < -0.3 is 15.8 Å². The van der Waals surface area contributed by atoms with Gasteiger partial charge in [0.1, 0.15) is 11.9 Å². The highest BCUT2D eigenvalue weighted by Crippen LogP contribution is 2.32. The first-order valence-corrected chi connectivity index (χ1v) is 8.65. The molecule has 3 N–H and O–H groups in total. The van der Waals surface area contributed by atoms with E-state index in [-0.39, 0.29) is 6.10 Å². The second-order valence-corrected chi connectivity index (χ2v) is 6.07. The van der Waals surface area contributed by atoms with Gasteiger partial charge in [-0.1, -0.05) is 13.0 Å². The van der Waals surface area contributed by atoms with Crippen LogP contribution < -0.4 is 15.8 Å². The fraction of sp³-hybridized carbons (Fsp3) is 0.350. The number of hydrogen-bond acceptors (Lipinski definition) is 4. The van der Waals surface area contributed by atoms with Crippen molar-refractivity contribution in [2.24, 2.45) is 5.73 Å². The van der Waals surface area contributed by atoms with E-state index in [1.165, 1.54) is 0 Å². The van der Waals surface area contributed by atoms with Gasteiger partial charge in [-0.25, -0.2) is 0 Å². The molecular formula is C20H25N3O. The predicted molar refractivity (Wildman–Crippen MR) is 99.9 cm³/mol. The number of allylic oxidation sites excluding steroid dienone is 3. The number of ether oxygens (including phenoxy) is 1. The standard InChI is InChI=1S/C20H25N3O/c1-2-3-15(4-8-21)17-12-16-5-9-23-14-19(16)20(13-17)24-18-6-10-22-11-7-18/h3-5,8-9,12-14,18,22H,2,6-7,10-11,21H2,1H3/b8-4-,15-3+. The lowest BCUT2D eigenvalue weighted by atomic mass is 10.00. The molecule has 2 aromatic rings. The Morgan fingerprint density at radius 3 is 2.96 bits per heavy atom. The number of benzene rings is 1. The third-order valence-corrected chi connectivity index (χ3v) is 4.33. The van der Waals surface area contributed by atoms with Crippen LogP contribution in [0.1, 0.15) is 31.7 Å². The van der Waals surface area contributed by atoms with E-state index >= 15 is 0 Å². The fourth-order valence-corrected chi connectivity index (χ4v) is 3.13. The summed E-state index contributed by atoms with van der Waals surface area (Å²) in [5.74, 6) is 0.912. The van der Waals surface area contributed by atoms with Gasteiger partial charge in [-0.15, -0.1) is 0 Å². The van der Waals surface area contributed by atoms with Crippen molar-refractivity contribution in [1.82, 2.24) is 10.3 Å². The topological polar surface area (TPSA) is 60.2 Å². The van der Waals surface area contributed by atoms with E-state index in [1.807, 2.05) is 24.5 Å². The van der Waals surface area contributed by atoms with Crippen molar-refractivity contribution in [3.63, 3.8) is 0 Å². The minimum Gasteiger partial charge on any atom is -0.490 e. The Balaban J connectivity index is 2.03. The third kappa shape index (κ3) is 3.77. The van der Waals surface area contributed by atoms with Crippen molar-refractivity contribution in [2.45, 2.75) is 32.3 Å². The molecule has 3 rings (SSSR count).